The second-order valence-electron chi connectivity index (χ2n) is 6.36. The zero-order valence-electron chi connectivity index (χ0n) is 17.2. The highest BCUT2D eigenvalue weighted by atomic mass is 28.4. The molecule has 2 aromatic rings. The predicted molar refractivity (Wildman–Crippen MR) is 106 cm³/mol. The van der Waals surface area contributed by atoms with Gasteiger partial charge in [-0.3, -0.25) is 14.4 Å². The highest BCUT2D eigenvalue weighted by molar-refractivity contribution is 6.79. The van der Waals surface area contributed by atoms with E-state index in [-0.39, 0.29) is 35.6 Å². The van der Waals surface area contributed by atoms with E-state index in [0.717, 1.165) is 0 Å². The molecule has 0 unspecified atom stereocenters. The van der Waals surface area contributed by atoms with Crippen molar-refractivity contribution in [1.82, 2.24) is 0 Å². The van der Waals surface area contributed by atoms with Crippen LogP contribution in [0.1, 0.15) is 40.0 Å². The van der Waals surface area contributed by atoms with Crippen molar-refractivity contribution in [3.8, 4) is 11.1 Å². The maximum Gasteiger partial charge on any atom is 0.742 e. The summed E-state index contributed by atoms with van der Waals surface area (Å²) in [7, 11) is -4.36. The summed E-state index contributed by atoms with van der Waals surface area (Å²) in [4.78, 5) is 36.1. The molecule has 0 N–H and O–H groups in total. The molecule has 0 fully saturated rings. The van der Waals surface area contributed by atoms with Crippen LogP contribution in [0.3, 0.4) is 0 Å². The number of rotatable bonds is 8. The summed E-state index contributed by atoms with van der Waals surface area (Å²) in [5, 5.41) is 0.0876. The topological polar surface area (TPSA) is 78.9 Å². The van der Waals surface area contributed by atoms with E-state index in [0.29, 0.717) is 12.1 Å². The minimum atomic E-state index is -4.36. The first-order valence-corrected chi connectivity index (χ1v) is 11.3. The summed E-state index contributed by atoms with van der Waals surface area (Å²) in [6.07, 6.45) is -0.208. The van der Waals surface area contributed by atoms with Gasteiger partial charge in [-0.1, -0.05) is 45.0 Å². The molecule has 2 rings (SSSR count). The van der Waals surface area contributed by atoms with Crippen LogP contribution >= 0.6 is 0 Å². The van der Waals surface area contributed by atoms with Crippen LogP contribution in [0, 0.1) is 17.5 Å². The van der Waals surface area contributed by atoms with Gasteiger partial charge in [0.1, 0.15) is 5.82 Å². The Morgan fingerprint density at radius 3 is 1.55 bits per heavy atom. The van der Waals surface area contributed by atoms with Gasteiger partial charge in [0.15, 0.2) is 11.6 Å². The van der Waals surface area contributed by atoms with E-state index >= 15 is 0 Å². The molecule has 0 aliphatic carbocycles. The van der Waals surface area contributed by atoms with Crippen LogP contribution in [0.25, 0.3) is 11.1 Å². The Kier molecular flexibility index (Phi) is 7.98. The van der Waals surface area contributed by atoms with Gasteiger partial charge in [-0.05, 0) is 11.6 Å². The number of benzene rings is 2. The Morgan fingerprint density at radius 2 is 1.13 bits per heavy atom. The molecule has 0 heterocycles. The average molecular weight is 454 g/mol. The molecule has 31 heavy (non-hydrogen) atoms. The molecule has 6 nitrogen and oxygen atoms in total. The summed E-state index contributed by atoms with van der Waals surface area (Å²) in [5.74, 6) is -5.80. The lowest BCUT2D eigenvalue weighted by Gasteiger charge is -2.27. The summed E-state index contributed by atoms with van der Waals surface area (Å²) in [6.45, 7) is 4.54. The number of halogens is 3. The van der Waals surface area contributed by atoms with Crippen LogP contribution in [-0.4, -0.2) is 26.7 Å². The maximum atomic E-state index is 14.1. The lowest BCUT2D eigenvalue weighted by Crippen LogP contribution is -2.59. The molecular formula is C21H21F3O6Si. The molecule has 0 aliphatic heterocycles. The van der Waals surface area contributed by atoms with Crippen molar-refractivity contribution in [3.63, 3.8) is 0 Å². The van der Waals surface area contributed by atoms with Crippen LogP contribution in [0.4, 0.5) is 13.2 Å². The first-order chi connectivity index (χ1) is 14.7. The molecule has 0 radical (unpaired) electrons. The average Bonchev–Trinajstić information content (AvgIpc) is 2.75. The lowest BCUT2D eigenvalue weighted by molar-refractivity contribution is -0.149. The molecule has 10 heteroatoms. The molecule has 0 spiro atoms. The molecule has 166 valence electrons. The Labute approximate surface area is 178 Å². The van der Waals surface area contributed by atoms with Gasteiger partial charge in [0.2, 0.25) is 0 Å². The van der Waals surface area contributed by atoms with Crippen molar-refractivity contribution >= 4 is 31.9 Å². The molecular weight excluding hydrogens is 433 g/mol. The summed E-state index contributed by atoms with van der Waals surface area (Å²) >= 11 is 0. The normalized spacial score (nSPS) is 11.0. The highest BCUT2D eigenvalue weighted by Crippen LogP contribution is 2.25. The fourth-order valence-electron chi connectivity index (χ4n) is 2.50. The number of hydrogen-bond acceptors (Lipinski definition) is 6. The van der Waals surface area contributed by atoms with Gasteiger partial charge in [-0.15, -0.1) is 0 Å². The van der Waals surface area contributed by atoms with Gasteiger partial charge in [-0.2, -0.15) is 0 Å². The highest BCUT2D eigenvalue weighted by Gasteiger charge is 2.55. The Morgan fingerprint density at radius 1 is 0.710 bits per heavy atom. The molecule has 2 aromatic carbocycles. The van der Waals surface area contributed by atoms with Gasteiger partial charge in [-0.25, -0.2) is 13.2 Å². The van der Waals surface area contributed by atoms with Gasteiger partial charge in [0.05, 0.1) is 5.19 Å². The predicted octanol–water partition coefficient (Wildman–Crippen LogP) is 3.78. The van der Waals surface area contributed by atoms with Crippen molar-refractivity contribution in [2.45, 2.75) is 40.0 Å². The third-order valence-corrected chi connectivity index (χ3v) is 6.70. The van der Waals surface area contributed by atoms with E-state index < -0.39 is 44.2 Å². The molecule has 0 bridgehead atoms. The third-order valence-electron chi connectivity index (χ3n) is 4.17. The fourth-order valence-corrected chi connectivity index (χ4v) is 4.89. The van der Waals surface area contributed by atoms with Crippen molar-refractivity contribution in [2.24, 2.45) is 0 Å². The Hall–Kier alpha value is -3.14. The second-order valence-corrected chi connectivity index (χ2v) is 8.66. The van der Waals surface area contributed by atoms with E-state index in [1.165, 1.54) is 45.0 Å². The van der Waals surface area contributed by atoms with Crippen molar-refractivity contribution < 1.29 is 40.8 Å². The maximum absolute atomic E-state index is 14.1. The minimum absolute atomic E-state index is 0.0692. The molecule has 0 aliphatic rings. The molecule has 0 atom stereocenters. The summed E-state index contributed by atoms with van der Waals surface area (Å²) in [5.41, 5.74) is -0.0344. The van der Waals surface area contributed by atoms with Gasteiger partial charge in [0, 0.05) is 30.9 Å². The quantitative estimate of drug-likeness (QED) is 0.446. The van der Waals surface area contributed by atoms with Gasteiger partial charge >= 0.3 is 8.80 Å². The number of carbonyl (C=O) groups excluding carboxylic acids is 3. The molecule has 0 amide bonds. The van der Waals surface area contributed by atoms with E-state index in [2.05, 4.69) is 0 Å². The molecule has 0 aromatic heterocycles. The molecule has 0 saturated carbocycles. The van der Waals surface area contributed by atoms with E-state index in [4.69, 9.17) is 13.3 Å². The van der Waals surface area contributed by atoms with Crippen LogP contribution in [-0.2, 0) is 27.7 Å². The fraction of sp³-hybridized carbons (Fsp3) is 0.286. The van der Waals surface area contributed by atoms with Gasteiger partial charge in [0.25, 0.3) is 17.9 Å². The van der Waals surface area contributed by atoms with Gasteiger partial charge < -0.3 is 13.3 Å². The van der Waals surface area contributed by atoms with Crippen LogP contribution in [0.15, 0.2) is 36.4 Å². The van der Waals surface area contributed by atoms with E-state index in [1.807, 2.05) is 0 Å². The Balaban J connectivity index is 2.56. The summed E-state index contributed by atoms with van der Waals surface area (Å²) < 4.78 is 56.9. The van der Waals surface area contributed by atoms with E-state index in [9.17, 15) is 27.6 Å². The summed E-state index contributed by atoms with van der Waals surface area (Å²) in [6, 6.07) is 6.41. The van der Waals surface area contributed by atoms with Crippen LogP contribution in [0.2, 0.25) is 0 Å². The van der Waals surface area contributed by atoms with Crippen molar-refractivity contribution in [1.29, 1.82) is 0 Å². The van der Waals surface area contributed by atoms with Crippen molar-refractivity contribution in [3.05, 3.63) is 53.8 Å². The second kappa shape index (κ2) is 10.2. The molecule has 0 saturated heterocycles. The first kappa shape index (κ1) is 24.1. The monoisotopic (exact) mass is 454 g/mol. The zero-order valence-corrected chi connectivity index (χ0v) is 18.2. The lowest BCUT2D eigenvalue weighted by atomic mass is 10.1. The number of hydrogen-bond donors (Lipinski definition) is 0. The number of carbonyl (C=O) groups is 3. The Bertz CT molecular complexity index is 932. The van der Waals surface area contributed by atoms with Crippen LogP contribution in [0.5, 0.6) is 0 Å². The van der Waals surface area contributed by atoms with Crippen LogP contribution < -0.4 is 5.19 Å². The zero-order chi connectivity index (χ0) is 23.2. The standard InChI is InChI=1S/C21H21F3O6Si/c1-4-19(25)28-31(29-20(26)5-2,30-21(27)6-3)14-9-7-13(8-10-14)15-11-17(23)18(24)12-16(15)22/h7-12H,4-6H2,1-3H3. The minimum Gasteiger partial charge on any atom is -0.452 e. The SMILES string of the molecule is CCC(=O)O[Si](OC(=O)CC)(OC(=O)CC)c1ccc(-c2cc(F)c(F)cc2F)cc1. The van der Waals surface area contributed by atoms with Crippen molar-refractivity contribution in [2.75, 3.05) is 0 Å². The third kappa shape index (κ3) is 5.72. The van der Waals surface area contributed by atoms with E-state index in [1.54, 1.807) is 0 Å². The largest absolute Gasteiger partial charge is 0.742 e. The first-order valence-electron chi connectivity index (χ1n) is 9.56. The smallest absolute Gasteiger partial charge is 0.452 e.